The van der Waals surface area contributed by atoms with E-state index in [1.165, 1.54) is 48.7 Å². The third-order valence-corrected chi connectivity index (χ3v) is 6.59. The smallest absolute Gasteiger partial charge is 0.305 e. The van der Waals surface area contributed by atoms with Gasteiger partial charge in [0.05, 0.1) is 13.2 Å². The average molecular weight is 340 g/mol. The minimum atomic E-state index is -0.0855. The Morgan fingerprint density at radius 3 is 3.00 bits per heavy atom. The lowest BCUT2D eigenvalue weighted by Crippen LogP contribution is -2.49. The van der Waals surface area contributed by atoms with Crippen molar-refractivity contribution in [3.05, 3.63) is 35.5 Å². The molecule has 4 heteroatoms. The quantitative estimate of drug-likeness (QED) is 0.848. The standard InChI is InChI=1S/C21H28N2O2/c1-3-21(12-9-18(24)25-2)11-6-13-23-14-10-16-15-7-4-5-8-17(15)22-19(16)20(21)23/h4-5,7-8,20,22H,3,6,9-14H2,1-2H3/t20-,21-/m1/s1. The maximum Gasteiger partial charge on any atom is 0.305 e. The largest absolute Gasteiger partial charge is 0.469 e. The van der Waals surface area contributed by atoms with Gasteiger partial charge in [-0.05, 0) is 55.7 Å². The van der Waals surface area contributed by atoms with Crippen molar-refractivity contribution in [1.82, 2.24) is 9.88 Å². The summed E-state index contributed by atoms with van der Waals surface area (Å²) < 4.78 is 4.92. The molecule has 0 spiro atoms. The minimum Gasteiger partial charge on any atom is -0.469 e. The van der Waals surface area contributed by atoms with Crippen molar-refractivity contribution < 1.29 is 9.53 Å². The van der Waals surface area contributed by atoms with E-state index in [4.69, 9.17) is 4.74 Å². The van der Waals surface area contributed by atoms with Crippen LogP contribution in [0, 0.1) is 5.41 Å². The Kier molecular flexibility index (Phi) is 4.32. The van der Waals surface area contributed by atoms with Crippen LogP contribution in [-0.2, 0) is 16.0 Å². The number of fused-ring (bicyclic) bond motifs is 5. The molecular formula is C21H28N2O2. The van der Waals surface area contributed by atoms with Crippen molar-refractivity contribution >= 4 is 16.9 Å². The predicted molar refractivity (Wildman–Crippen MR) is 99.5 cm³/mol. The van der Waals surface area contributed by atoms with Gasteiger partial charge < -0.3 is 9.72 Å². The third-order valence-electron chi connectivity index (χ3n) is 6.59. The zero-order chi connectivity index (χ0) is 17.4. The van der Waals surface area contributed by atoms with E-state index in [0.717, 1.165) is 25.8 Å². The number of para-hydroxylation sites is 1. The second kappa shape index (κ2) is 6.49. The van der Waals surface area contributed by atoms with E-state index in [1.807, 2.05) is 0 Å². The number of hydrogen-bond donors (Lipinski definition) is 1. The molecule has 25 heavy (non-hydrogen) atoms. The lowest BCUT2D eigenvalue weighted by atomic mass is 9.65. The van der Waals surface area contributed by atoms with Crippen molar-refractivity contribution in [2.45, 2.75) is 51.5 Å². The number of aromatic nitrogens is 1. The predicted octanol–water partition coefficient (Wildman–Crippen LogP) is 4.21. The summed E-state index contributed by atoms with van der Waals surface area (Å²) >= 11 is 0. The average Bonchev–Trinajstić information content (AvgIpc) is 3.04. The van der Waals surface area contributed by atoms with Gasteiger partial charge in [0.2, 0.25) is 0 Å². The summed E-state index contributed by atoms with van der Waals surface area (Å²) in [4.78, 5) is 18.2. The van der Waals surface area contributed by atoms with Crippen LogP contribution in [-0.4, -0.2) is 36.1 Å². The van der Waals surface area contributed by atoms with Crippen LogP contribution < -0.4 is 0 Å². The maximum absolute atomic E-state index is 11.8. The normalized spacial score (nSPS) is 26.2. The van der Waals surface area contributed by atoms with E-state index in [9.17, 15) is 4.79 Å². The second-order valence-corrected chi connectivity index (χ2v) is 7.65. The van der Waals surface area contributed by atoms with Crippen molar-refractivity contribution in [1.29, 1.82) is 0 Å². The Hall–Kier alpha value is -1.81. The Bertz CT molecular complexity index is 781. The molecule has 0 bridgehead atoms. The number of rotatable bonds is 4. The van der Waals surface area contributed by atoms with Crippen molar-refractivity contribution in [2.24, 2.45) is 5.41 Å². The molecule has 0 unspecified atom stereocenters. The number of nitrogens with one attached hydrogen (secondary N) is 1. The molecule has 0 aliphatic carbocycles. The minimum absolute atomic E-state index is 0.0855. The number of esters is 1. The van der Waals surface area contributed by atoms with Gasteiger partial charge >= 0.3 is 5.97 Å². The van der Waals surface area contributed by atoms with Gasteiger partial charge in [-0.3, -0.25) is 9.69 Å². The van der Waals surface area contributed by atoms with Crippen LogP contribution in [0.25, 0.3) is 10.9 Å². The van der Waals surface area contributed by atoms with Gasteiger partial charge in [-0.25, -0.2) is 0 Å². The van der Waals surface area contributed by atoms with E-state index >= 15 is 0 Å². The Labute approximate surface area is 149 Å². The Morgan fingerprint density at radius 1 is 1.36 bits per heavy atom. The summed E-state index contributed by atoms with van der Waals surface area (Å²) in [5.41, 5.74) is 4.30. The molecule has 2 aliphatic rings. The summed E-state index contributed by atoms with van der Waals surface area (Å²) in [6.45, 7) is 4.58. The van der Waals surface area contributed by atoms with Crippen LogP contribution in [0.15, 0.2) is 24.3 Å². The highest BCUT2D eigenvalue weighted by Gasteiger charge is 2.47. The molecule has 134 valence electrons. The number of methoxy groups -OCH3 is 1. The number of nitrogens with zero attached hydrogens (tertiary/aromatic N) is 1. The molecular weight excluding hydrogens is 312 g/mol. The first-order valence-electron chi connectivity index (χ1n) is 9.59. The summed E-state index contributed by atoms with van der Waals surface area (Å²) in [6.07, 6.45) is 6.06. The van der Waals surface area contributed by atoms with Crippen LogP contribution in [0.3, 0.4) is 0 Å². The van der Waals surface area contributed by atoms with Gasteiger partial charge in [-0.1, -0.05) is 25.1 Å². The number of ether oxygens (including phenoxy) is 1. The zero-order valence-electron chi connectivity index (χ0n) is 15.3. The highest BCUT2D eigenvalue weighted by atomic mass is 16.5. The van der Waals surface area contributed by atoms with Gasteiger partial charge in [-0.15, -0.1) is 0 Å². The molecule has 1 aromatic carbocycles. The Balaban J connectivity index is 1.77. The highest BCUT2D eigenvalue weighted by Crippen LogP contribution is 2.53. The van der Waals surface area contributed by atoms with Crippen LogP contribution in [0.5, 0.6) is 0 Å². The van der Waals surface area contributed by atoms with Crippen LogP contribution in [0.4, 0.5) is 0 Å². The lowest BCUT2D eigenvalue weighted by Gasteiger charge is -2.52. The highest BCUT2D eigenvalue weighted by molar-refractivity contribution is 5.85. The van der Waals surface area contributed by atoms with Crippen LogP contribution >= 0.6 is 0 Å². The number of aromatic amines is 1. The molecule has 3 heterocycles. The summed E-state index contributed by atoms with van der Waals surface area (Å²) in [5.74, 6) is -0.0855. The fourth-order valence-corrected chi connectivity index (χ4v) is 5.26. The third kappa shape index (κ3) is 2.67. The molecule has 1 aromatic heterocycles. The molecule has 0 amide bonds. The first kappa shape index (κ1) is 16.6. The van der Waals surface area contributed by atoms with Crippen molar-refractivity contribution in [3.8, 4) is 0 Å². The molecule has 2 aromatic rings. The topological polar surface area (TPSA) is 45.3 Å². The molecule has 1 fully saturated rings. The molecule has 4 nitrogen and oxygen atoms in total. The first-order valence-corrected chi connectivity index (χ1v) is 9.59. The van der Waals surface area contributed by atoms with E-state index < -0.39 is 0 Å². The second-order valence-electron chi connectivity index (χ2n) is 7.65. The number of carbonyl (C=O) groups is 1. The van der Waals surface area contributed by atoms with E-state index in [-0.39, 0.29) is 11.4 Å². The fraction of sp³-hybridized carbons (Fsp3) is 0.571. The zero-order valence-corrected chi connectivity index (χ0v) is 15.3. The number of piperidine rings is 1. The van der Waals surface area contributed by atoms with Gasteiger partial charge in [0, 0.05) is 29.6 Å². The van der Waals surface area contributed by atoms with Crippen molar-refractivity contribution in [3.63, 3.8) is 0 Å². The van der Waals surface area contributed by atoms with Crippen molar-refractivity contribution in [2.75, 3.05) is 20.2 Å². The number of carbonyl (C=O) groups excluding carboxylic acids is 1. The molecule has 2 atom stereocenters. The van der Waals surface area contributed by atoms with E-state index in [2.05, 4.69) is 41.1 Å². The molecule has 0 saturated carbocycles. The first-order chi connectivity index (χ1) is 12.2. The van der Waals surface area contributed by atoms with E-state index in [0.29, 0.717) is 12.5 Å². The summed E-state index contributed by atoms with van der Waals surface area (Å²) in [7, 11) is 1.49. The lowest BCUT2D eigenvalue weighted by molar-refractivity contribution is -0.142. The molecule has 1 N–H and O–H groups in total. The molecule has 4 rings (SSSR count). The number of hydrogen-bond acceptors (Lipinski definition) is 3. The Morgan fingerprint density at radius 2 is 2.20 bits per heavy atom. The fourth-order valence-electron chi connectivity index (χ4n) is 5.26. The van der Waals surface area contributed by atoms with Gasteiger partial charge in [0.25, 0.3) is 0 Å². The molecule has 2 aliphatic heterocycles. The summed E-state index contributed by atoms with van der Waals surface area (Å²) in [6, 6.07) is 9.06. The van der Waals surface area contributed by atoms with E-state index in [1.54, 1.807) is 0 Å². The molecule has 1 saturated heterocycles. The monoisotopic (exact) mass is 340 g/mol. The molecule has 0 radical (unpaired) electrons. The maximum atomic E-state index is 11.8. The summed E-state index contributed by atoms with van der Waals surface area (Å²) in [5, 5.41) is 1.38. The number of H-pyrrole nitrogens is 1. The van der Waals surface area contributed by atoms with Crippen LogP contribution in [0.1, 0.15) is 56.3 Å². The number of benzene rings is 1. The van der Waals surface area contributed by atoms with Gasteiger partial charge in [0.1, 0.15) is 0 Å². The van der Waals surface area contributed by atoms with Gasteiger partial charge in [0.15, 0.2) is 0 Å². The van der Waals surface area contributed by atoms with Crippen LogP contribution in [0.2, 0.25) is 0 Å². The SMILES string of the molecule is CC[C@]1(CCC(=O)OC)CCCN2CCc3c([nH]c4ccccc34)[C@@H]21. The van der Waals surface area contributed by atoms with Gasteiger partial charge in [-0.2, -0.15) is 0 Å².